The number of ether oxygens (including phenoxy) is 6. The van der Waals surface area contributed by atoms with Crippen LogP contribution in [0.3, 0.4) is 0 Å². The van der Waals surface area contributed by atoms with Gasteiger partial charge in [-0.25, -0.2) is 0 Å². The lowest BCUT2D eigenvalue weighted by atomic mass is 9.54. The first-order chi connectivity index (χ1) is 17.4. The van der Waals surface area contributed by atoms with Gasteiger partial charge in [-0.05, 0) is 42.2 Å². The van der Waals surface area contributed by atoms with E-state index in [9.17, 15) is 19.2 Å². The van der Waals surface area contributed by atoms with Gasteiger partial charge in [0, 0.05) is 34.1 Å². The van der Waals surface area contributed by atoms with E-state index in [1.807, 2.05) is 13.8 Å². The highest BCUT2D eigenvalue weighted by molar-refractivity contribution is 5.76. The molecular weight excluding hydrogens is 484 g/mol. The monoisotopic (exact) mass is 518 g/mol. The fourth-order valence-electron chi connectivity index (χ4n) is 7.18. The Bertz CT molecular complexity index is 1080. The van der Waals surface area contributed by atoms with Crippen LogP contribution in [0.25, 0.3) is 0 Å². The first-order valence-corrected chi connectivity index (χ1v) is 12.9. The van der Waals surface area contributed by atoms with E-state index in [0.29, 0.717) is 25.7 Å². The van der Waals surface area contributed by atoms with Crippen LogP contribution in [0.5, 0.6) is 0 Å². The molecule has 2 saturated heterocycles. The lowest BCUT2D eigenvalue weighted by Gasteiger charge is -2.53. The molecule has 0 unspecified atom stereocenters. The minimum atomic E-state index is -0.874. The molecule has 0 N–H and O–H groups in total. The van der Waals surface area contributed by atoms with E-state index in [1.54, 1.807) is 12.3 Å². The molecule has 0 amide bonds. The minimum absolute atomic E-state index is 0.211. The van der Waals surface area contributed by atoms with Crippen LogP contribution >= 0.6 is 0 Å². The maximum atomic E-state index is 13.8. The third-order valence-corrected chi connectivity index (χ3v) is 8.70. The Hall–Kier alpha value is -2.88. The molecule has 10 heteroatoms. The Morgan fingerprint density at radius 3 is 2.35 bits per heavy atom. The summed E-state index contributed by atoms with van der Waals surface area (Å²) >= 11 is 0. The molecule has 5 aliphatic rings. The highest BCUT2D eigenvalue weighted by atomic mass is 16.7. The van der Waals surface area contributed by atoms with Crippen molar-refractivity contribution in [3.63, 3.8) is 0 Å². The van der Waals surface area contributed by atoms with Crippen LogP contribution in [-0.2, 0) is 47.6 Å². The number of hydrogen-bond donors (Lipinski definition) is 0. The summed E-state index contributed by atoms with van der Waals surface area (Å²) in [6, 6.07) is 0. The molecule has 3 fully saturated rings. The van der Waals surface area contributed by atoms with E-state index in [-0.39, 0.29) is 18.4 Å². The molecular formula is C27H34O10. The second kappa shape index (κ2) is 9.15. The summed E-state index contributed by atoms with van der Waals surface area (Å²) in [6.07, 6.45) is 2.70. The number of esters is 4. The number of carbonyl (C=O) groups excluding carboxylic acids is 4. The van der Waals surface area contributed by atoms with Crippen molar-refractivity contribution >= 4 is 23.9 Å². The van der Waals surface area contributed by atoms with E-state index < -0.39 is 65.4 Å². The maximum absolute atomic E-state index is 13.8. The van der Waals surface area contributed by atoms with Crippen molar-refractivity contribution in [2.75, 3.05) is 6.61 Å². The zero-order valence-corrected chi connectivity index (χ0v) is 21.8. The van der Waals surface area contributed by atoms with Gasteiger partial charge < -0.3 is 28.4 Å². The predicted molar refractivity (Wildman–Crippen MR) is 125 cm³/mol. The molecule has 0 bridgehead atoms. The number of carbonyl (C=O) groups is 4. The maximum Gasteiger partial charge on any atom is 0.313 e. The Labute approximate surface area is 215 Å². The summed E-state index contributed by atoms with van der Waals surface area (Å²) in [7, 11) is 0. The van der Waals surface area contributed by atoms with Gasteiger partial charge in [0.25, 0.3) is 0 Å². The van der Waals surface area contributed by atoms with Crippen molar-refractivity contribution in [3.8, 4) is 0 Å². The van der Waals surface area contributed by atoms with Gasteiger partial charge in [-0.15, -0.1) is 0 Å². The molecule has 3 aliphatic heterocycles. The summed E-state index contributed by atoms with van der Waals surface area (Å²) in [4.78, 5) is 49.7. The molecule has 0 aromatic rings. The Morgan fingerprint density at radius 2 is 1.68 bits per heavy atom. The lowest BCUT2D eigenvalue weighted by molar-refractivity contribution is -0.179. The molecule has 10 nitrogen and oxygen atoms in total. The van der Waals surface area contributed by atoms with Crippen molar-refractivity contribution < 1.29 is 47.6 Å². The standard InChI is InChI=1S/C27H34O10/c1-13(28)34-19-8-17-9-20(35-14(2)29)23-18(26(17,4)10-21(19)36-15(3)30)7-6-16-11-32-27(5)24(16)22(12-33-27)37-25(23)31/h9,11,18-24H,6-8,10,12H2,1-5H3/t18-,19+,20-,21+,22+,23-,24+,26-,27-/m0/s1. The molecule has 202 valence electrons. The predicted octanol–water partition coefficient (Wildman–Crippen LogP) is 2.74. The van der Waals surface area contributed by atoms with Crippen LogP contribution in [0.15, 0.2) is 23.5 Å². The SMILES string of the molecule is CC(=O)O[C@H]1C=C2C[C@@H](OC(C)=O)[C@H](OC(C)=O)C[C@]2(C)[C@H]2CCC3=CO[C@@]4(C)OC[C@@H](OC(=O)[C@H]12)[C@@H]34. The van der Waals surface area contributed by atoms with Crippen LogP contribution < -0.4 is 0 Å². The average molecular weight is 519 g/mol. The van der Waals surface area contributed by atoms with Gasteiger partial charge in [0.1, 0.15) is 30.3 Å². The van der Waals surface area contributed by atoms with Crippen LogP contribution in [-0.4, -0.2) is 60.7 Å². The fourth-order valence-corrected chi connectivity index (χ4v) is 7.18. The smallest absolute Gasteiger partial charge is 0.313 e. The fraction of sp³-hybridized carbons (Fsp3) is 0.704. The molecule has 0 aromatic carbocycles. The normalized spacial score (nSPS) is 42.1. The van der Waals surface area contributed by atoms with Gasteiger partial charge in [-0.3, -0.25) is 19.2 Å². The van der Waals surface area contributed by atoms with E-state index in [2.05, 4.69) is 0 Å². The van der Waals surface area contributed by atoms with E-state index >= 15 is 0 Å². The van der Waals surface area contributed by atoms with Gasteiger partial charge in [0.15, 0.2) is 0 Å². The third-order valence-electron chi connectivity index (χ3n) is 8.70. The number of hydrogen-bond acceptors (Lipinski definition) is 10. The lowest BCUT2D eigenvalue weighted by Crippen LogP contribution is -2.55. The van der Waals surface area contributed by atoms with E-state index in [1.165, 1.54) is 20.8 Å². The summed E-state index contributed by atoms with van der Waals surface area (Å²) in [5.74, 6) is -4.05. The van der Waals surface area contributed by atoms with Crippen molar-refractivity contribution in [2.45, 2.75) is 90.5 Å². The minimum Gasteiger partial charge on any atom is -0.469 e. The van der Waals surface area contributed by atoms with E-state index in [0.717, 1.165) is 11.1 Å². The van der Waals surface area contributed by atoms with Crippen molar-refractivity contribution in [3.05, 3.63) is 23.5 Å². The second-order valence-corrected chi connectivity index (χ2v) is 11.1. The first-order valence-electron chi connectivity index (χ1n) is 12.9. The molecule has 0 radical (unpaired) electrons. The van der Waals surface area contributed by atoms with Gasteiger partial charge >= 0.3 is 23.9 Å². The zero-order valence-electron chi connectivity index (χ0n) is 21.8. The van der Waals surface area contributed by atoms with Gasteiger partial charge in [0.2, 0.25) is 5.79 Å². The molecule has 0 aromatic heterocycles. The highest BCUT2D eigenvalue weighted by Crippen LogP contribution is 2.58. The Morgan fingerprint density at radius 1 is 1.00 bits per heavy atom. The van der Waals surface area contributed by atoms with Crippen LogP contribution in [0.2, 0.25) is 0 Å². The summed E-state index contributed by atoms with van der Waals surface area (Å²) in [6.45, 7) is 8.05. The van der Waals surface area contributed by atoms with Crippen LogP contribution in [0, 0.1) is 23.2 Å². The molecule has 37 heavy (non-hydrogen) atoms. The summed E-state index contributed by atoms with van der Waals surface area (Å²) in [5.41, 5.74) is 1.33. The molecule has 3 heterocycles. The topological polar surface area (TPSA) is 124 Å². The molecule has 5 rings (SSSR count). The van der Waals surface area contributed by atoms with Gasteiger partial charge in [-0.1, -0.05) is 12.5 Å². The van der Waals surface area contributed by atoms with Crippen LogP contribution in [0.4, 0.5) is 0 Å². The Kier molecular flexibility index (Phi) is 6.37. The van der Waals surface area contributed by atoms with Gasteiger partial charge in [-0.2, -0.15) is 0 Å². The molecule has 1 saturated carbocycles. The molecule has 2 aliphatic carbocycles. The largest absolute Gasteiger partial charge is 0.469 e. The average Bonchev–Trinajstić information content (AvgIpc) is 3.28. The Balaban J connectivity index is 1.56. The highest BCUT2D eigenvalue weighted by Gasteiger charge is 2.60. The van der Waals surface area contributed by atoms with E-state index in [4.69, 9.17) is 28.4 Å². The third kappa shape index (κ3) is 4.43. The van der Waals surface area contributed by atoms with Crippen molar-refractivity contribution in [2.24, 2.45) is 23.2 Å². The second-order valence-electron chi connectivity index (χ2n) is 11.1. The summed E-state index contributed by atoms with van der Waals surface area (Å²) < 4.78 is 34.6. The van der Waals surface area contributed by atoms with Crippen LogP contribution in [0.1, 0.15) is 60.3 Å². The molecule has 9 atom stereocenters. The van der Waals surface area contributed by atoms with Crippen molar-refractivity contribution in [1.29, 1.82) is 0 Å². The van der Waals surface area contributed by atoms with Crippen molar-refractivity contribution in [1.82, 2.24) is 0 Å². The zero-order chi connectivity index (χ0) is 26.7. The van der Waals surface area contributed by atoms with Gasteiger partial charge in [0.05, 0.1) is 18.8 Å². The first kappa shape index (κ1) is 25.8. The quantitative estimate of drug-likeness (QED) is 0.313. The summed E-state index contributed by atoms with van der Waals surface area (Å²) in [5, 5.41) is 0. The number of fused-ring (bicyclic) bond motifs is 3. The molecule has 0 spiro atoms. The number of rotatable bonds is 3.